The fourth-order valence-corrected chi connectivity index (χ4v) is 1.99. The number of aryl methyl sites for hydroxylation is 1. The molecule has 3 heteroatoms. The Morgan fingerprint density at radius 2 is 1.82 bits per heavy atom. The van der Waals surface area contributed by atoms with Gasteiger partial charge in [-0.1, -0.05) is 31.5 Å². The number of rotatable bonds is 5. The minimum absolute atomic E-state index is 0.0195. The highest BCUT2D eigenvalue weighted by atomic mass is 16.3. The summed E-state index contributed by atoms with van der Waals surface area (Å²) in [6, 6.07) is 5.44. The molecule has 3 atom stereocenters. The fraction of sp³-hybridized carbons (Fsp3) is 0.571. The Hall–Kier alpha value is -1.06. The molecule has 96 valence electrons. The van der Waals surface area contributed by atoms with Crippen molar-refractivity contribution in [3.8, 4) is 5.75 Å². The summed E-state index contributed by atoms with van der Waals surface area (Å²) in [6.07, 6.45) is -0.445. The van der Waals surface area contributed by atoms with Crippen molar-refractivity contribution in [2.24, 2.45) is 0 Å². The molecule has 0 aliphatic carbocycles. The number of aliphatic hydroxyl groups is 2. The number of hydrogen-bond acceptors (Lipinski definition) is 3. The van der Waals surface area contributed by atoms with E-state index in [-0.39, 0.29) is 11.7 Å². The topological polar surface area (TPSA) is 60.7 Å². The molecule has 0 bridgehead atoms. The molecule has 1 aromatic carbocycles. The number of phenols is 1. The molecule has 0 amide bonds. The number of benzene rings is 1. The SMILES string of the molecule is CCC(O)C(O)CC(C)c1cc(C)ccc1O. The van der Waals surface area contributed by atoms with Crippen LogP contribution in [-0.2, 0) is 0 Å². The minimum atomic E-state index is -0.741. The fourth-order valence-electron chi connectivity index (χ4n) is 1.99. The lowest BCUT2D eigenvalue weighted by Gasteiger charge is -2.21. The molecule has 0 saturated carbocycles. The molecule has 0 aromatic heterocycles. The molecule has 3 unspecified atom stereocenters. The molecule has 0 fully saturated rings. The zero-order valence-corrected chi connectivity index (χ0v) is 10.7. The van der Waals surface area contributed by atoms with E-state index in [1.807, 2.05) is 32.9 Å². The average molecular weight is 238 g/mol. The Morgan fingerprint density at radius 1 is 1.18 bits per heavy atom. The predicted octanol–water partition coefficient (Wildman–Crippen LogP) is 2.33. The second-order valence-electron chi connectivity index (χ2n) is 4.74. The van der Waals surface area contributed by atoms with Crippen molar-refractivity contribution in [1.29, 1.82) is 0 Å². The standard InChI is InChI=1S/C14H22O3/c1-4-12(15)14(17)8-10(3)11-7-9(2)5-6-13(11)16/h5-7,10,12,14-17H,4,8H2,1-3H3. The van der Waals surface area contributed by atoms with Crippen molar-refractivity contribution in [2.75, 3.05) is 0 Å². The maximum atomic E-state index is 9.78. The first-order chi connectivity index (χ1) is 7.95. The van der Waals surface area contributed by atoms with Gasteiger partial charge in [0.25, 0.3) is 0 Å². The molecular formula is C14H22O3. The normalized spacial score (nSPS) is 16.5. The van der Waals surface area contributed by atoms with E-state index in [4.69, 9.17) is 0 Å². The summed E-state index contributed by atoms with van der Waals surface area (Å²) in [6.45, 7) is 5.75. The van der Waals surface area contributed by atoms with E-state index in [1.165, 1.54) is 0 Å². The van der Waals surface area contributed by atoms with E-state index in [9.17, 15) is 15.3 Å². The largest absolute Gasteiger partial charge is 0.508 e. The molecule has 0 spiro atoms. The van der Waals surface area contributed by atoms with E-state index in [2.05, 4.69) is 0 Å². The van der Waals surface area contributed by atoms with Crippen LogP contribution in [-0.4, -0.2) is 27.5 Å². The van der Waals surface area contributed by atoms with E-state index in [0.717, 1.165) is 11.1 Å². The second-order valence-corrected chi connectivity index (χ2v) is 4.74. The van der Waals surface area contributed by atoms with Crippen LogP contribution in [0.3, 0.4) is 0 Å². The Bertz CT molecular complexity index is 362. The average Bonchev–Trinajstić information content (AvgIpc) is 2.30. The van der Waals surface area contributed by atoms with Crippen LogP contribution in [0.4, 0.5) is 0 Å². The van der Waals surface area contributed by atoms with E-state index < -0.39 is 12.2 Å². The van der Waals surface area contributed by atoms with E-state index in [0.29, 0.717) is 12.8 Å². The van der Waals surface area contributed by atoms with Gasteiger partial charge in [0.1, 0.15) is 5.75 Å². The van der Waals surface area contributed by atoms with Gasteiger partial charge >= 0.3 is 0 Å². The van der Waals surface area contributed by atoms with Gasteiger partial charge in [0.2, 0.25) is 0 Å². The monoisotopic (exact) mass is 238 g/mol. The van der Waals surface area contributed by atoms with Gasteiger partial charge in [-0.05, 0) is 37.3 Å². The molecule has 3 nitrogen and oxygen atoms in total. The van der Waals surface area contributed by atoms with Crippen molar-refractivity contribution in [2.45, 2.75) is 51.7 Å². The van der Waals surface area contributed by atoms with Crippen LogP contribution in [0, 0.1) is 6.92 Å². The maximum absolute atomic E-state index is 9.78. The quantitative estimate of drug-likeness (QED) is 0.737. The van der Waals surface area contributed by atoms with Gasteiger partial charge < -0.3 is 15.3 Å². The Morgan fingerprint density at radius 3 is 2.41 bits per heavy atom. The molecule has 0 aliphatic rings. The van der Waals surface area contributed by atoms with Crippen LogP contribution in [0.25, 0.3) is 0 Å². The molecule has 0 heterocycles. The van der Waals surface area contributed by atoms with Crippen molar-refractivity contribution in [3.05, 3.63) is 29.3 Å². The molecule has 1 aromatic rings. The zero-order chi connectivity index (χ0) is 13.0. The first kappa shape index (κ1) is 14.0. The zero-order valence-electron chi connectivity index (χ0n) is 10.7. The first-order valence-electron chi connectivity index (χ1n) is 6.11. The molecule has 0 radical (unpaired) electrons. The van der Waals surface area contributed by atoms with Crippen LogP contribution < -0.4 is 0 Å². The summed E-state index contributed by atoms with van der Waals surface area (Å²) < 4.78 is 0. The number of phenolic OH excluding ortho intramolecular Hbond substituents is 1. The van der Waals surface area contributed by atoms with Gasteiger partial charge in [0, 0.05) is 0 Å². The van der Waals surface area contributed by atoms with Gasteiger partial charge in [0.05, 0.1) is 12.2 Å². The molecule has 1 rings (SSSR count). The highest BCUT2D eigenvalue weighted by molar-refractivity contribution is 5.38. The third-order valence-corrected chi connectivity index (χ3v) is 3.17. The summed E-state index contributed by atoms with van der Waals surface area (Å²) in [5, 5.41) is 29.1. The van der Waals surface area contributed by atoms with Crippen molar-refractivity contribution in [1.82, 2.24) is 0 Å². The van der Waals surface area contributed by atoms with Gasteiger partial charge in [-0.3, -0.25) is 0 Å². The van der Waals surface area contributed by atoms with Crippen LogP contribution in [0.2, 0.25) is 0 Å². The second kappa shape index (κ2) is 6.03. The molecule has 0 saturated heterocycles. The van der Waals surface area contributed by atoms with Gasteiger partial charge in [-0.15, -0.1) is 0 Å². The van der Waals surface area contributed by atoms with Crippen molar-refractivity contribution < 1.29 is 15.3 Å². The van der Waals surface area contributed by atoms with Gasteiger partial charge in [0.15, 0.2) is 0 Å². The van der Waals surface area contributed by atoms with Crippen molar-refractivity contribution >= 4 is 0 Å². The van der Waals surface area contributed by atoms with Gasteiger partial charge in [-0.2, -0.15) is 0 Å². The molecule has 17 heavy (non-hydrogen) atoms. The van der Waals surface area contributed by atoms with Crippen molar-refractivity contribution in [3.63, 3.8) is 0 Å². The molecular weight excluding hydrogens is 216 g/mol. The third kappa shape index (κ3) is 3.72. The predicted molar refractivity (Wildman–Crippen MR) is 68.2 cm³/mol. The first-order valence-corrected chi connectivity index (χ1v) is 6.11. The summed E-state index contributed by atoms with van der Waals surface area (Å²) >= 11 is 0. The molecule has 0 aliphatic heterocycles. The van der Waals surface area contributed by atoms with E-state index >= 15 is 0 Å². The summed E-state index contributed by atoms with van der Waals surface area (Å²) in [5.74, 6) is 0.271. The lowest BCUT2D eigenvalue weighted by molar-refractivity contribution is 0.00944. The Kier molecular flexibility index (Phi) is 4.97. The maximum Gasteiger partial charge on any atom is 0.119 e. The van der Waals surface area contributed by atoms with Crippen LogP contribution >= 0.6 is 0 Å². The highest BCUT2D eigenvalue weighted by Crippen LogP contribution is 2.30. The van der Waals surface area contributed by atoms with Crippen LogP contribution in [0.15, 0.2) is 18.2 Å². The van der Waals surface area contributed by atoms with Crippen LogP contribution in [0.1, 0.15) is 43.7 Å². The Labute approximate surface area is 103 Å². The number of hydrogen-bond donors (Lipinski definition) is 3. The minimum Gasteiger partial charge on any atom is -0.508 e. The Balaban J connectivity index is 2.75. The summed E-state index contributed by atoms with van der Waals surface area (Å²) in [7, 11) is 0. The smallest absolute Gasteiger partial charge is 0.119 e. The lowest BCUT2D eigenvalue weighted by atomic mass is 9.91. The van der Waals surface area contributed by atoms with Crippen LogP contribution in [0.5, 0.6) is 5.75 Å². The number of aliphatic hydroxyl groups excluding tert-OH is 2. The van der Waals surface area contributed by atoms with Gasteiger partial charge in [-0.25, -0.2) is 0 Å². The summed E-state index contributed by atoms with van der Waals surface area (Å²) in [5.41, 5.74) is 1.91. The molecule has 3 N–H and O–H groups in total. The lowest BCUT2D eigenvalue weighted by Crippen LogP contribution is -2.26. The van der Waals surface area contributed by atoms with E-state index in [1.54, 1.807) is 6.07 Å². The highest BCUT2D eigenvalue weighted by Gasteiger charge is 2.20. The summed E-state index contributed by atoms with van der Waals surface area (Å²) in [4.78, 5) is 0. The third-order valence-electron chi connectivity index (χ3n) is 3.17. The number of aromatic hydroxyl groups is 1.